The lowest BCUT2D eigenvalue weighted by Crippen LogP contribution is -2.31. The summed E-state index contributed by atoms with van der Waals surface area (Å²) in [4.78, 5) is 19.1. The zero-order valence-corrected chi connectivity index (χ0v) is 18.7. The zero-order chi connectivity index (χ0) is 21.3. The Balaban J connectivity index is 1.43. The monoisotopic (exact) mass is 458 g/mol. The largest absolute Gasteiger partial charge is 0.336 e. The summed E-state index contributed by atoms with van der Waals surface area (Å²) in [7, 11) is 1.78. The minimum Gasteiger partial charge on any atom is -0.336 e. The molecule has 1 amide bonds. The Hall–Kier alpha value is -2.62. The van der Waals surface area contributed by atoms with Crippen LogP contribution in [0.4, 0.5) is 0 Å². The number of carbonyl (C=O) groups is 1. The molecular formula is C20H19ClN6OS2. The van der Waals surface area contributed by atoms with Gasteiger partial charge in [0.05, 0.1) is 27.0 Å². The van der Waals surface area contributed by atoms with Crippen LogP contribution in [0.5, 0.6) is 0 Å². The number of fused-ring (bicyclic) bond motifs is 1. The number of halogens is 1. The molecule has 30 heavy (non-hydrogen) atoms. The van der Waals surface area contributed by atoms with E-state index in [0.29, 0.717) is 21.6 Å². The highest BCUT2D eigenvalue weighted by atomic mass is 35.5. The molecule has 0 aliphatic rings. The van der Waals surface area contributed by atoms with Gasteiger partial charge >= 0.3 is 0 Å². The van der Waals surface area contributed by atoms with Crippen molar-refractivity contribution in [3.63, 3.8) is 0 Å². The summed E-state index contributed by atoms with van der Waals surface area (Å²) < 4.78 is 2.47. The third-order valence-corrected chi connectivity index (χ3v) is 7.21. The summed E-state index contributed by atoms with van der Waals surface area (Å²) in [6.45, 7) is 1.97. The van der Waals surface area contributed by atoms with E-state index in [2.05, 4.69) is 15.2 Å². The molecule has 0 saturated carbocycles. The van der Waals surface area contributed by atoms with Crippen LogP contribution in [0, 0.1) is 0 Å². The van der Waals surface area contributed by atoms with Gasteiger partial charge in [0.25, 0.3) is 0 Å². The predicted octanol–water partition coefficient (Wildman–Crippen LogP) is 4.23. The molecule has 2 N–H and O–H groups in total. The lowest BCUT2D eigenvalue weighted by atomic mass is 10.2. The van der Waals surface area contributed by atoms with Crippen molar-refractivity contribution >= 4 is 50.8 Å². The van der Waals surface area contributed by atoms with Gasteiger partial charge in [-0.2, -0.15) is 0 Å². The number of para-hydroxylation sites is 1. The predicted molar refractivity (Wildman–Crippen MR) is 122 cm³/mol. The molecule has 154 valence electrons. The van der Waals surface area contributed by atoms with E-state index >= 15 is 0 Å². The van der Waals surface area contributed by atoms with Crippen molar-refractivity contribution in [2.24, 2.45) is 0 Å². The molecule has 2 heterocycles. The number of rotatable bonds is 6. The number of hydrogen-bond acceptors (Lipinski definition) is 7. The maximum absolute atomic E-state index is 12.8. The molecule has 4 rings (SSSR count). The number of carbonyl (C=O) groups excluding carboxylic acids is 1. The fraction of sp³-hybridized carbons (Fsp3) is 0.200. The number of nitrogens with two attached hydrogens (primary N) is 1. The number of nitrogens with zero attached hydrogens (tertiary/aromatic N) is 5. The number of amides is 1. The first-order valence-corrected chi connectivity index (χ1v) is 11.3. The molecule has 7 nitrogen and oxygen atoms in total. The summed E-state index contributed by atoms with van der Waals surface area (Å²) in [5.41, 5.74) is 1.64. The van der Waals surface area contributed by atoms with Gasteiger partial charge < -0.3 is 10.7 Å². The molecule has 2 aromatic carbocycles. The van der Waals surface area contributed by atoms with E-state index in [-0.39, 0.29) is 17.7 Å². The van der Waals surface area contributed by atoms with E-state index in [1.807, 2.05) is 49.4 Å². The van der Waals surface area contributed by atoms with Crippen molar-refractivity contribution in [2.45, 2.75) is 18.1 Å². The molecule has 1 atom stereocenters. The summed E-state index contributed by atoms with van der Waals surface area (Å²) >= 11 is 9.06. The molecule has 0 spiro atoms. The summed E-state index contributed by atoms with van der Waals surface area (Å²) in [6, 6.07) is 15.1. The second-order valence-corrected chi connectivity index (χ2v) is 9.06. The third-order valence-electron chi connectivity index (χ3n) is 4.75. The van der Waals surface area contributed by atoms with Gasteiger partial charge in [0, 0.05) is 12.6 Å². The maximum atomic E-state index is 12.8. The Morgan fingerprint density at radius 2 is 1.97 bits per heavy atom. The summed E-state index contributed by atoms with van der Waals surface area (Å²) in [5, 5.41) is 10.1. The Morgan fingerprint density at radius 3 is 2.73 bits per heavy atom. The molecule has 4 aromatic rings. The molecule has 0 saturated heterocycles. The standard InChI is InChI=1S/C20H19ClN6OS2/c1-12(19-23-15-9-5-6-10-16(15)30-19)26(2)17(28)11-29-20-25-24-18(27(20)22)13-7-3-4-8-14(13)21/h3-10,12H,11,22H2,1-2H3/t12-/m1/s1. The van der Waals surface area contributed by atoms with Crippen LogP contribution in [0.25, 0.3) is 21.6 Å². The number of aromatic nitrogens is 4. The number of thioether (sulfide) groups is 1. The number of hydrogen-bond donors (Lipinski definition) is 1. The van der Waals surface area contributed by atoms with E-state index < -0.39 is 0 Å². The summed E-state index contributed by atoms with van der Waals surface area (Å²) in [5.74, 6) is 6.73. The highest BCUT2D eigenvalue weighted by molar-refractivity contribution is 7.99. The van der Waals surface area contributed by atoms with Crippen LogP contribution < -0.4 is 5.84 Å². The Kier molecular flexibility index (Phi) is 5.94. The number of nitrogen functional groups attached to an aromatic ring is 1. The number of thiazole rings is 1. The molecule has 0 fully saturated rings. The lowest BCUT2D eigenvalue weighted by molar-refractivity contribution is -0.128. The van der Waals surface area contributed by atoms with Crippen molar-refractivity contribution < 1.29 is 4.79 Å². The van der Waals surface area contributed by atoms with Crippen LogP contribution in [0.2, 0.25) is 5.02 Å². The maximum Gasteiger partial charge on any atom is 0.233 e. The molecule has 0 radical (unpaired) electrons. The van der Waals surface area contributed by atoms with E-state index in [1.165, 1.54) is 16.4 Å². The first-order chi connectivity index (χ1) is 14.5. The van der Waals surface area contributed by atoms with Gasteiger partial charge in [-0.25, -0.2) is 9.66 Å². The highest BCUT2D eigenvalue weighted by Crippen LogP contribution is 2.30. The van der Waals surface area contributed by atoms with Crippen LogP contribution in [0.3, 0.4) is 0 Å². The van der Waals surface area contributed by atoms with Gasteiger partial charge in [-0.3, -0.25) is 4.79 Å². The van der Waals surface area contributed by atoms with Gasteiger partial charge in [-0.1, -0.05) is 47.6 Å². The average Bonchev–Trinajstić information content (AvgIpc) is 3.35. The zero-order valence-electron chi connectivity index (χ0n) is 16.3. The number of benzene rings is 2. The molecule has 0 unspecified atom stereocenters. The minimum atomic E-state index is -0.134. The molecule has 0 aliphatic carbocycles. The van der Waals surface area contributed by atoms with E-state index in [0.717, 1.165) is 15.2 Å². The van der Waals surface area contributed by atoms with Crippen molar-refractivity contribution in [1.82, 2.24) is 24.8 Å². The van der Waals surface area contributed by atoms with E-state index in [9.17, 15) is 4.79 Å². The average molecular weight is 459 g/mol. The van der Waals surface area contributed by atoms with Crippen LogP contribution in [0.15, 0.2) is 53.7 Å². The van der Waals surface area contributed by atoms with Crippen molar-refractivity contribution in [1.29, 1.82) is 0 Å². The van der Waals surface area contributed by atoms with Crippen molar-refractivity contribution in [2.75, 3.05) is 18.6 Å². The fourth-order valence-electron chi connectivity index (χ4n) is 2.88. The van der Waals surface area contributed by atoms with Gasteiger partial charge in [-0.15, -0.1) is 21.5 Å². The summed E-state index contributed by atoms with van der Waals surface area (Å²) in [6.07, 6.45) is 0. The van der Waals surface area contributed by atoms with Gasteiger partial charge in [-0.05, 0) is 31.2 Å². The van der Waals surface area contributed by atoms with Gasteiger partial charge in [0.2, 0.25) is 11.1 Å². The Labute approximate surface area is 186 Å². The first-order valence-electron chi connectivity index (χ1n) is 9.15. The molecule has 0 aliphatic heterocycles. The van der Waals surface area contributed by atoms with Crippen LogP contribution in [-0.4, -0.2) is 43.5 Å². The van der Waals surface area contributed by atoms with E-state index in [4.69, 9.17) is 17.4 Å². The van der Waals surface area contributed by atoms with Crippen LogP contribution in [-0.2, 0) is 4.79 Å². The van der Waals surface area contributed by atoms with Gasteiger partial charge in [0.1, 0.15) is 5.01 Å². The van der Waals surface area contributed by atoms with Crippen molar-refractivity contribution in [3.8, 4) is 11.4 Å². The molecule has 0 bridgehead atoms. The second-order valence-electron chi connectivity index (χ2n) is 6.65. The minimum absolute atomic E-state index is 0.0472. The normalized spacial score (nSPS) is 12.2. The smallest absolute Gasteiger partial charge is 0.233 e. The van der Waals surface area contributed by atoms with Crippen molar-refractivity contribution in [3.05, 3.63) is 58.6 Å². The Bertz CT molecular complexity index is 1170. The quantitative estimate of drug-likeness (QED) is 0.343. The highest BCUT2D eigenvalue weighted by Gasteiger charge is 2.22. The first kappa shape index (κ1) is 20.6. The fourth-order valence-corrected chi connectivity index (χ4v) is 4.94. The van der Waals surface area contributed by atoms with E-state index in [1.54, 1.807) is 29.4 Å². The molecular weight excluding hydrogens is 440 g/mol. The third kappa shape index (κ3) is 4.00. The Morgan fingerprint density at radius 1 is 1.23 bits per heavy atom. The van der Waals surface area contributed by atoms with Crippen LogP contribution in [0.1, 0.15) is 18.0 Å². The SMILES string of the molecule is C[C@H](c1nc2ccccc2s1)N(C)C(=O)CSc1nnc(-c2ccccc2Cl)n1N. The lowest BCUT2D eigenvalue weighted by Gasteiger charge is -2.23. The molecule has 10 heteroatoms. The van der Waals surface area contributed by atoms with Crippen LogP contribution >= 0.6 is 34.7 Å². The second kappa shape index (κ2) is 8.63. The topological polar surface area (TPSA) is 89.9 Å². The molecule has 2 aromatic heterocycles. The van der Waals surface area contributed by atoms with Gasteiger partial charge in [0.15, 0.2) is 5.82 Å².